The lowest BCUT2D eigenvalue weighted by atomic mass is 10.1. The molecule has 0 bridgehead atoms. The molecule has 0 saturated carbocycles. The van der Waals surface area contributed by atoms with Crippen LogP contribution in [0.4, 0.5) is 0 Å². The number of aromatic nitrogens is 1. The van der Waals surface area contributed by atoms with E-state index in [1.165, 1.54) is 37.9 Å². The van der Waals surface area contributed by atoms with Gasteiger partial charge in [0.15, 0.2) is 0 Å². The summed E-state index contributed by atoms with van der Waals surface area (Å²) in [6, 6.07) is 4.80. The first kappa shape index (κ1) is 11.6. The molecule has 1 aromatic heterocycles. The Hall–Kier alpha value is -0.930. The molecule has 1 N–H and O–H groups in total. The van der Waals surface area contributed by atoms with Gasteiger partial charge in [-0.05, 0) is 51.0 Å². The van der Waals surface area contributed by atoms with E-state index < -0.39 is 0 Å². The van der Waals surface area contributed by atoms with Gasteiger partial charge in [0.25, 0.3) is 0 Å². The minimum absolute atomic E-state index is 0.671. The zero-order valence-corrected chi connectivity index (χ0v) is 10.0. The summed E-state index contributed by atoms with van der Waals surface area (Å²) < 4.78 is 0. The fourth-order valence-corrected chi connectivity index (χ4v) is 2.21. The van der Waals surface area contributed by atoms with Crippen molar-refractivity contribution in [2.24, 2.45) is 0 Å². The van der Waals surface area contributed by atoms with E-state index in [0.717, 1.165) is 6.54 Å². The van der Waals surface area contributed by atoms with Gasteiger partial charge in [-0.1, -0.05) is 6.07 Å². The van der Waals surface area contributed by atoms with Crippen LogP contribution in [0.3, 0.4) is 0 Å². The Labute approximate surface area is 97.9 Å². The van der Waals surface area contributed by atoms with Crippen LogP contribution in [0.5, 0.6) is 0 Å². The van der Waals surface area contributed by atoms with Gasteiger partial charge >= 0.3 is 0 Å². The molecule has 16 heavy (non-hydrogen) atoms. The summed E-state index contributed by atoms with van der Waals surface area (Å²) in [6.45, 7) is 3.40. The first-order valence-electron chi connectivity index (χ1n) is 6.15. The molecular weight excluding hydrogens is 198 g/mol. The molecule has 2 heterocycles. The van der Waals surface area contributed by atoms with Gasteiger partial charge in [0.1, 0.15) is 0 Å². The smallest absolute Gasteiger partial charge is 0.0312 e. The normalized spacial score (nSPS) is 22.9. The molecular formula is C13H21N3. The number of hydrogen-bond acceptors (Lipinski definition) is 3. The van der Waals surface area contributed by atoms with Crippen molar-refractivity contribution in [1.29, 1.82) is 0 Å². The quantitative estimate of drug-likeness (QED) is 0.838. The molecule has 1 unspecified atom stereocenters. The van der Waals surface area contributed by atoms with Crippen molar-refractivity contribution in [1.82, 2.24) is 15.2 Å². The van der Waals surface area contributed by atoms with E-state index in [1.54, 1.807) is 0 Å². The number of nitrogens with zero attached hydrogens (tertiary/aromatic N) is 2. The predicted octanol–water partition coefficient (Wildman–Crippen LogP) is 1.66. The van der Waals surface area contributed by atoms with Gasteiger partial charge in [-0.3, -0.25) is 4.98 Å². The second kappa shape index (κ2) is 5.97. The van der Waals surface area contributed by atoms with E-state index in [0.29, 0.717) is 6.04 Å². The van der Waals surface area contributed by atoms with Crippen molar-refractivity contribution in [3.63, 3.8) is 0 Å². The van der Waals surface area contributed by atoms with Crippen molar-refractivity contribution in [3.05, 3.63) is 30.1 Å². The summed E-state index contributed by atoms with van der Waals surface area (Å²) in [7, 11) is 2.21. The molecule has 1 fully saturated rings. The van der Waals surface area contributed by atoms with E-state index in [9.17, 15) is 0 Å². The Morgan fingerprint density at radius 1 is 1.44 bits per heavy atom. The largest absolute Gasteiger partial charge is 0.310 e. The minimum atomic E-state index is 0.671. The summed E-state index contributed by atoms with van der Waals surface area (Å²) in [5.41, 5.74) is 1.28. The standard InChI is InChI=1S/C13H21N3/c1-16-8-3-5-13(6-9-16)15-11-12-4-2-7-14-10-12/h2,4,7,10,13,15H,3,5-6,8-9,11H2,1H3. The Morgan fingerprint density at radius 3 is 3.19 bits per heavy atom. The van der Waals surface area contributed by atoms with Crippen molar-refractivity contribution >= 4 is 0 Å². The van der Waals surface area contributed by atoms with E-state index >= 15 is 0 Å². The molecule has 0 spiro atoms. The zero-order chi connectivity index (χ0) is 11.2. The summed E-state index contributed by atoms with van der Waals surface area (Å²) in [5, 5.41) is 3.63. The molecule has 1 aliphatic rings. The molecule has 3 nitrogen and oxygen atoms in total. The summed E-state index contributed by atoms with van der Waals surface area (Å²) in [4.78, 5) is 6.55. The molecule has 1 saturated heterocycles. The van der Waals surface area contributed by atoms with Crippen molar-refractivity contribution in [2.45, 2.75) is 31.8 Å². The number of nitrogens with one attached hydrogen (secondary N) is 1. The van der Waals surface area contributed by atoms with Crippen LogP contribution in [0, 0.1) is 0 Å². The Morgan fingerprint density at radius 2 is 2.38 bits per heavy atom. The maximum Gasteiger partial charge on any atom is 0.0312 e. The molecule has 3 heteroatoms. The van der Waals surface area contributed by atoms with Crippen molar-refractivity contribution in [2.75, 3.05) is 20.1 Å². The molecule has 0 radical (unpaired) electrons. The number of hydrogen-bond donors (Lipinski definition) is 1. The highest BCUT2D eigenvalue weighted by Crippen LogP contribution is 2.10. The summed E-state index contributed by atoms with van der Waals surface area (Å²) >= 11 is 0. The van der Waals surface area contributed by atoms with Gasteiger partial charge in [-0.2, -0.15) is 0 Å². The molecule has 88 valence electrons. The highest BCUT2D eigenvalue weighted by molar-refractivity contribution is 5.08. The molecule has 1 atom stereocenters. The third-order valence-corrected chi connectivity index (χ3v) is 3.27. The molecule has 0 aromatic carbocycles. The fraction of sp³-hybridized carbons (Fsp3) is 0.615. The monoisotopic (exact) mass is 219 g/mol. The summed E-state index contributed by atoms with van der Waals surface area (Å²) in [5.74, 6) is 0. The van der Waals surface area contributed by atoms with Crippen LogP contribution in [0.15, 0.2) is 24.5 Å². The zero-order valence-electron chi connectivity index (χ0n) is 10.0. The molecule has 1 aliphatic heterocycles. The van der Waals surface area contributed by atoms with Crippen LogP contribution in [0.1, 0.15) is 24.8 Å². The van der Waals surface area contributed by atoms with Gasteiger partial charge < -0.3 is 10.2 Å². The van der Waals surface area contributed by atoms with Crippen LogP contribution in [-0.4, -0.2) is 36.1 Å². The van der Waals surface area contributed by atoms with Gasteiger partial charge in [0.05, 0.1) is 0 Å². The Bertz CT molecular complexity index is 299. The van der Waals surface area contributed by atoms with E-state index in [1.807, 2.05) is 18.5 Å². The second-order valence-corrected chi connectivity index (χ2v) is 4.67. The third kappa shape index (κ3) is 3.58. The first-order chi connectivity index (χ1) is 7.84. The predicted molar refractivity (Wildman–Crippen MR) is 66.2 cm³/mol. The van der Waals surface area contributed by atoms with E-state index in [4.69, 9.17) is 0 Å². The van der Waals surface area contributed by atoms with Gasteiger partial charge in [0, 0.05) is 25.0 Å². The van der Waals surface area contributed by atoms with Crippen molar-refractivity contribution in [3.8, 4) is 0 Å². The minimum Gasteiger partial charge on any atom is -0.310 e. The topological polar surface area (TPSA) is 28.2 Å². The number of likely N-dealkylation sites (tertiary alicyclic amines) is 1. The van der Waals surface area contributed by atoms with Gasteiger partial charge in [-0.15, -0.1) is 0 Å². The molecule has 1 aromatic rings. The lowest BCUT2D eigenvalue weighted by Gasteiger charge is -2.16. The van der Waals surface area contributed by atoms with Crippen LogP contribution in [0.2, 0.25) is 0 Å². The van der Waals surface area contributed by atoms with Crippen LogP contribution >= 0.6 is 0 Å². The average molecular weight is 219 g/mol. The maximum atomic E-state index is 4.13. The highest BCUT2D eigenvalue weighted by Gasteiger charge is 2.13. The lowest BCUT2D eigenvalue weighted by Crippen LogP contribution is -2.29. The third-order valence-electron chi connectivity index (χ3n) is 3.27. The SMILES string of the molecule is CN1CCCC(NCc2cccnc2)CC1. The van der Waals surface area contributed by atoms with Crippen LogP contribution in [-0.2, 0) is 6.54 Å². The van der Waals surface area contributed by atoms with E-state index in [-0.39, 0.29) is 0 Å². The van der Waals surface area contributed by atoms with E-state index in [2.05, 4.69) is 28.3 Å². The maximum absolute atomic E-state index is 4.13. The average Bonchev–Trinajstić information content (AvgIpc) is 2.53. The molecule has 0 amide bonds. The number of rotatable bonds is 3. The van der Waals surface area contributed by atoms with Crippen molar-refractivity contribution < 1.29 is 0 Å². The first-order valence-corrected chi connectivity index (χ1v) is 6.15. The Balaban J connectivity index is 1.77. The fourth-order valence-electron chi connectivity index (χ4n) is 2.21. The lowest BCUT2D eigenvalue weighted by molar-refractivity contribution is 0.343. The molecule has 2 rings (SSSR count). The Kier molecular flexibility index (Phi) is 4.31. The van der Waals surface area contributed by atoms with Crippen LogP contribution in [0.25, 0.3) is 0 Å². The van der Waals surface area contributed by atoms with Crippen LogP contribution < -0.4 is 5.32 Å². The number of pyridine rings is 1. The summed E-state index contributed by atoms with van der Waals surface area (Å²) in [6.07, 6.45) is 7.63. The van der Waals surface area contributed by atoms with Gasteiger partial charge in [0.2, 0.25) is 0 Å². The molecule has 0 aliphatic carbocycles. The second-order valence-electron chi connectivity index (χ2n) is 4.67. The highest BCUT2D eigenvalue weighted by atomic mass is 15.1. The van der Waals surface area contributed by atoms with Gasteiger partial charge in [-0.25, -0.2) is 0 Å².